The summed E-state index contributed by atoms with van der Waals surface area (Å²) in [7, 11) is -4.17. The Kier molecular flexibility index (Phi) is 11.0. The summed E-state index contributed by atoms with van der Waals surface area (Å²) in [5.41, 5.74) is 0. The summed E-state index contributed by atoms with van der Waals surface area (Å²) in [6.45, 7) is 1.45. The van der Waals surface area contributed by atoms with Gasteiger partial charge < -0.3 is 19.6 Å². The van der Waals surface area contributed by atoms with E-state index >= 15 is 0 Å². The number of carbonyl (C=O) groups is 1. The highest BCUT2D eigenvalue weighted by Gasteiger charge is 1.88. The Labute approximate surface area is 89.7 Å². The third-order valence-electron chi connectivity index (χ3n) is 1.33. The van der Waals surface area contributed by atoms with Crippen molar-refractivity contribution in [1.82, 2.24) is 0 Å². The van der Waals surface area contributed by atoms with E-state index in [1.165, 1.54) is 0 Å². The van der Waals surface area contributed by atoms with Gasteiger partial charge in [-0.05, 0) is 12.8 Å². The Morgan fingerprint density at radius 2 is 1.87 bits per heavy atom. The molecular weight excluding hydrogens is 224 g/mol. The zero-order valence-electron chi connectivity index (χ0n) is 8.64. The van der Waals surface area contributed by atoms with Crippen molar-refractivity contribution in [3.63, 3.8) is 0 Å². The van der Waals surface area contributed by atoms with Crippen LogP contribution in [0.4, 0.5) is 0 Å². The molecule has 7 heteroatoms. The maximum absolute atomic E-state index is 9.76. The number of unbranched alkanes of at least 4 members (excludes halogenated alkanes) is 2. The molecule has 0 saturated carbocycles. The Balaban J connectivity index is 0. The van der Waals surface area contributed by atoms with E-state index in [0.717, 1.165) is 19.3 Å². The molecule has 0 rings (SSSR count). The molecular formula is C8H16O6S-2. The number of hydrogen-bond acceptors (Lipinski definition) is 6. The van der Waals surface area contributed by atoms with Gasteiger partial charge in [0.2, 0.25) is 0 Å². The van der Waals surface area contributed by atoms with E-state index in [1.54, 1.807) is 0 Å². The number of carboxylic acid groups (broad SMARTS) is 1. The molecule has 0 aromatic heterocycles. The summed E-state index contributed by atoms with van der Waals surface area (Å²) in [6, 6.07) is 0. The first kappa shape index (κ1) is 16.8. The summed E-state index contributed by atoms with van der Waals surface area (Å²) in [5.74, 6) is -1.62. The fraction of sp³-hybridized carbons (Fsp3) is 0.875. The molecule has 0 bridgehead atoms. The third kappa shape index (κ3) is 24.7. The van der Waals surface area contributed by atoms with E-state index in [4.69, 9.17) is 5.11 Å². The van der Waals surface area contributed by atoms with Crippen LogP contribution < -0.4 is 5.11 Å². The summed E-state index contributed by atoms with van der Waals surface area (Å²) in [5, 5.41) is 17.6. The Bertz CT molecular complexity index is 246. The van der Waals surface area contributed by atoms with Crippen LogP contribution in [0.3, 0.4) is 0 Å². The molecule has 0 aliphatic carbocycles. The van der Waals surface area contributed by atoms with Gasteiger partial charge in [0, 0.05) is 5.97 Å². The third-order valence-corrected chi connectivity index (χ3v) is 2.01. The van der Waals surface area contributed by atoms with Crippen LogP contribution in [0.5, 0.6) is 0 Å². The van der Waals surface area contributed by atoms with E-state index in [2.05, 4.69) is 0 Å². The van der Waals surface area contributed by atoms with Crippen molar-refractivity contribution in [1.29, 1.82) is 0 Å². The number of carboxylic acids is 1. The van der Waals surface area contributed by atoms with Crippen LogP contribution in [0.15, 0.2) is 0 Å². The zero-order valence-corrected chi connectivity index (χ0v) is 9.46. The molecule has 0 atom stereocenters. The van der Waals surface area contributed by atoms with Crippen LogP contribution in [0.2, 0.25) is 0 Å². The van der Waals surface area contributed by atoms with Crippen molar-refractivity contribution in [3.05, 3.63) is 0 Å². The molecule has 92 valence electrons. The van der Waals surface area contributed by atoms with Crippen molar-refractivity contribution >= 4 is 16.1 Å². The molecule has 0 aromatic rings. The maximum atomic E-state index is 9.76. The summed E-state index contributed by atoms with van der Waals surface area (Å²) >= 11 is 0. The molecule has 0 heterocycles. The topological polar surface area (TPSA) is 118 Å². The molecule has 0 aliphatic heterocycles. The van der Waals surface area contributed by atoms with E-state index in [9.17, 15) is 22.9 Å². The fourth-order valence-electron chi connectivity index (χ4n) is 0.631. The highest BCUT2D eigenvalue weighted by Crippen LogP contribution is 1.96. The second-order valence-corrected chi connectivity index (χ2v) is 4.34. The van der Waals surface area contributed by atoms with Crippen molar-refractivity contribution in [2.45, 2.75) is 32.6 Å². The molecule has 6 nitrogen and oxygen atoms in total. The van der Waals surface area contributed by atoms with E-state index in [0.29, 0.717) is 0 Å². The highest BCUT2D eigenvalue weighted by molar-refractivity contribution is 7.85. The van der Waals surface area contributed by atoms with Crippen molar-refractivity contribution < 1.29 is 28.0 Å². The largest absolute Gasteiger partial charge is 0.748 e. The first-order valence-corrected chi connectivity index (χ1v) is 6.15. The molecule has 0 aliphatic rings. The van der Waals surface area contributed by atoms with Crippen LogP contribution in [0.1, 0.15) is 32.6 Å². The lowest BCUT2D eigenvalue weighted by molar-refractivity contribution is -0.305. The minimum atomic E-state index is -4.17. The first-order valence-electron chi connectivity index (χ1n) is 4.57. The average Bonchev–Trinajstić information content (AvgIpc) is 2.02. The van der Waals surface area contributed by atoms with Crippen molar-refractivity contribution in [3.8, 4) is 0 Å². The predicted octanol–water partition coefficient (Wildman–Crippen LogP) is -1.16. The van der Waals surface area contributed by atoms with Crippen LogP contribution >= 0.6 is 0 Å². The van der Waals surface area contributed by atoms with Gasteiger partial charge in [-0.1, -0.05) is 19.8 Å². The second kappa shape index (κ2) is 9.88. The number of rotatable bonds is 6. The van der Waals surface area contributed by atoms with E-state index in [-0.39, 0.29) is 6.42 Å². The number of aliphatic carboxylic acids is 1. The van der Waals surface area contributed by atoms with Gasteiger partial charge in [0.1, 0.15) is 0 Å². The van der Waals surface area contributed by atoms with Crippen molar-refractivity contribution in [2.75, 3.05) is 12.4 Å². The van der Waals surface area contributed by atoms with Gasteiger partial charge in [-0.3, -0.25) is 0 Å². The standard InChI is InChI=1S/C6H12O2.C2H6O4S/c1-2-3-4-5-6(7)8;3-1-2-7(4,5)6/h2-5H2,1H3,(H,7,8);3H,1-2H2,(H,4,5,6)/p-2. The molecule has 1 N–H and O–H groups in total. The van der Waals surface area contributed by atoms with Crippen LogP contribution in [-0.4, -0.2) is 36.4 Å². The maximum Gasteiger partial charge on any atom is 0.0968 e. The SMILES string of the molecule is CCCCCC(=O)[O-].O=S(=O)([O-])CCO. The molecule has 0 saturated heterocycles. The first-order chi connectivity index (χ1) is 6.83. The minimum Gasteiger partial charge on any atom is -0.748 e. The Morgan fingerprint density at radius 3 is 2.07 bits per heavy atom. The fourth-order valence-corrected chi connectivity index (χ4v) is 0.855. The number of aliphatic hydroxyl groups is 1. The summed E-state index contributed by atoms with van der Waals surface area (Å²) in [6.07, 6.45) is 3.04. The van der Waals surface area contributed by atoms with Crippen LogP contribution in [0.25, 0.3) is 0 Å². The van der Waals surface area contributed by atoms with E-state index < -0.39 is 28.4 Å². The quantitative estimate of drug-likeness (QED) is 0.462. The molecule has 0 spiro atoms. The van der Waals surface area contributed by atoms with Gasteiger partial charge in [-0.25, -0.2) is 8.42 Å². The normalized spacial score (nSPS) is 10.3. The molecule has 0 amide bonds. The Hall–Kier alpha value is -0.660. The molecule has 15 heavy (non-hydrogen) atoms. The Morgan fingerprint density at radius 1 is 1.33 bits per heavy atom. The molecule has 0 fully saturated rings. The zero-order chi connectivity index (χ0) is 12.3. The smallest absolute Gasteiger partial charge is 0.0968 e. The van der Waals surface area contributed by atoms with Crippen LogP contribution in [0, 0.1) is 0 Å². The van der Waals surface area contributed by atoms with Gasteiger partial charge in [-0.2, -0.15) is 0 Å². The van der Waals surface area contributed by atoms with Gasteiger partial charge in [-0.15, -0.1) is 0 Å². The van der Waals surface area contributed by atoms with Gasteiger partial charge >= 0.3 is 0 Å². The predicted molar refractivity (Wildman–Crippen MR) is 50.8 cm³/mol. The van der Waals surface area contributed by atoms with Crippen molar-refractivity contribution in [2.24, 2.45) is 0 Å². The lowest BCUT2D eigenvalue weighted by atomic mass is 10.2. The monoisotopic (exact) mass is 240 g/mol. The number of aliphatic hydroxyl groups excluding tert-OH is 1. The summed E-state index contributed by atoms with van der Waals surface area (Å²) < 4.78 is 28.5. The number of hydrogen-bond donors (Lipinski definition) is 1. The average molecular weight is 240 g/mol. The summed E-state index contributed by atoms with van der Waals surface area (Å²) in [4.78, 5) is 9.76. The van der Waals surface area contributed by atoms with Crippen LogP contribution in [-0.2, 0) is 14.9 Å². The van der Waals surface area contributed by atoms with Gasteiger partial charge in [0.05, 0.1) is 22.5 Å². The number of carbonyl (C=O) groups excluding carboxylic acids is 1. The lowest BCUT2D eigenvalue weighted by Crippen LogP contribution is -2.21. The van der Waals surface area contributed by atoms with Gasteiger partial charge in [0.15, 0.2) is 0 Å². The van der Waals surface area contributed by atoms with Gasteiger partial charge in [0.25, 0.3) is 0 Å². The minimum absolute atomic E-state index is 0.216. The molecule has 0 aromatic carbocycles. The lowest BCUT2D eigenvalue weighted by Gasteiger charge is -2.00. The second-order valence-electron chi connectivity index (χ2n) is 2.81. The molecule has 0 radical (unpaired) electrons. The molecule has 0 unspecified atom stereocenters. The van der Waals surface area contributed by atoms with E-state index in [1.807, 2.05) is 6.92 Å². The highest BCUT2D eigenvalue weighted by atomic mass is 32.2.